The van der Waals surface area contributed by atoms with Crippen LogP contribution in [-0.2, 0) is 24.3 Å². The predicted molar refractivity (Wildman–Crippen MR) is 95.9 cm³/mol. The van der Waals surface area contributed by atoms with Gasteiger partial charge in [0.1, 0.15) is 12.6 Å². The highest BCUT2D eigenvalue weighted by Gasteiger charge is 2.42. The van der Waals surface area contributed by atoms with Crippen molar-refractivity contribution in [2.45, 2.75) is 24.0 Å². The second-order valence-electron chi connectivity index (χ2n) is 5.17. The molecule has 0 aromatic heterocycles. The van der Waals surface area contributed by atoms with E-state index < -0.39 is 50.2 Å². The molecule has 0 heterocycles. The quantitative estimate of drug-likeness (QED) is 0.263. The molecule has 0 unspecified atom stereocenters. The molecule has 0 aliphatic rings. The number of carbonyl (C=O) groups excluding carboxylic acids is 1. The zero-order valence-electron chi connectivity index (χ0n) is 14.7. The van der Waals surface area contributed by atoms with E-state index in [0.29, 0.717) is 4.31 Å². The third-order valence-corrected chi connectivity index (χ3v) is 5.40. The van der Waals surface area contributed by atoms with Gasteiger partial charge in [-0.2, -0.15) is 4.31 Å². The summed E-state index contributed by atoms with van der Waals surface area (Å²) in [7, 11) is -3.48. The molecule has 2 atom stereocenters. The Balaban J connectivity index is 3.55. The van der Waals surface area contributed by atoms with Crippen LogP contribution in [-0.4, -0.2) is 56.0 Å². The number of para-hydroxylation sites is 1. The number of nitrogens with zero attached hydrogens (tertiary/aromatic N) is 2. The fraction of sp³-hybridized carbons (Fsp3) is 0.353. The van der Waals surface area contributed by atoms with Gasteiger partial charge in [0.05, 0.1) is 24.7 Å². The fourth-order valence-electron chi connectivity index (χ4n) is 2.31. The second-order valence-corrected chi connectivity index (χ2v) is 7.03. The van der Waals surface area contributed by atoms with E-state index in [1.807, 2.05) is 0 Å². The first kappa shape index (κ1) is 22.1. The highest BCUT2D eigenvalue weighted by Crippen LogP contribution is 2.28. The van der Waals surface area contributed by atoms with Crippen LogP contribution in [0.2, 0.25) is 0 Å². The monoisotopic (exact) mass is 394 g/mol. The molecule has 144 valence electrons. The van der Waals surface area contributed by atoms with Gasteiger partial charge in [-0.25, -0.2) is 8.42 Å². The summed E-state index contributed by atoms with van der Waals surface area (Å²) in [5.41, 5.74) is -0.652. The minimum atomic E-state index is -4.55. The number of methoxy groups -OCH3 is 1. The Morgan fingerprint density at radius 2 is 1.96 bits per heavy atom. The van der Waals surface area contributed by atoms with Crippen LogP contribution in [0.5, 0.6) is 0 Å². The van der Waals surface area contributed by atoms with Crippen LogP contribution in [0.15, 0.2) is 29.2 Å². The maximum absolute atomic E-state index is 13.1. The molecule has 0 spiro atoms. The predicted octanol–water partition coefficient (Wildman–Crippen LogP) is 0.799. The van der Waals surface area contributed by atoms with Gasteiger partial charge in [-0.1, -0.05) is 24.0 Å². The molecule has 1 rings (SSSR count). The van der Waals surface area contributed by atoms with E-state index in [4.69, 9.17) is 17.6 Å². The summed E-state index contributed by atoms with van der Waals surface area (Å²) in [6.07, 6.45) is 9.36. The fourth-order valence-corrected chi connectivity index (χ4v) is 4.02. The number of nitro groups is 1. The molecule has 0 aliphatic carbocycles. The minimum absolute atomic E-state index is 0.190. The van der Waals surface area contributed by atoms with Crippen LogP contribution in [0.4, 0.5) is 5.69 Å². The average molecular weight is 394 g/mol. The molecular weight excluding hydrogens is 376 g/mol. The van der Waals surface area contributed by atoms with Crippen molar-refractivity contribution in [2.75, 3.05) is 20.3 Å². The van der Waals surface area contributed by atoms with Crippen molar-refractivity contribution in [1.29, 1.82) is 0 Å². The van der Waals surface area contributed by atoms with Gasteiger partial charge in [-0.05, 0) is 13.0 Å². The molecule has 1 aromatic carbocycles. The van der Waals surface area contributed by atoms with Crippen LogP contribution < -0.4 is 0 Å². The first-order chi connectivity index (χ1) is 12.7. The van der Waals surface area contributed by atoms with Crippen LogP contribution in [0.3, 0.4) is 0 Å². The van der Waals surface area contributed by atoms with Gasteiger partial charge in [-0.15, -0.1) is 12.8 Å². The summed E-state index contributed by atoms with van der Waals surface area (Å²) in [6.45, 7) is 0.680. The van der Waals surface area contributed by atoms with E-state index in [-0.39, 0.29) is 6.61 Å². The third-order valence-electron chi connectivity index (χ3n) is 3.52. The molecule has 10 heteroatoms. The molecule has 0 radical (unpaired) electrons. The number of ether oxygens (including phenoxy) is 2. The van der Waals surface area contributed by atoms with Crippen LogP contribution >= 0.6 is 0 Å². The van der Waals surface area contributed by atoms with Crippen molar-refractivity contribution >= 4 is 21.7 Å². The van der Waals surface area contributed by atoms with Crippen LogP contribution in [0.1, 0.15) is 6.92 Å². The van der Waals surface area contributed by atoms with E-state index in [1.165, 1.54) is 19.1 Å². The second kappa shape index (κ2) is 9.69. The third kappa shape index (κ3) is 5.05. The Morgan fingerprint density at radius 3 is 2.48 bits per heavy atom. The number of carbonyl (C=O) groups is 1. The number of benzene rings is 1. The van der Waals surface area contributed by atoms with Gasteiger partial charge in [0, 0.05) is 6.07 Å². The SMILES string of the molecule is C#CCO[C@H](C)[C@@H](C(=O)OC)N(CC#C)S(=O)(=O)c1ccccc1[N+](=O)[O-]. The van der Waals surface area contributed by atoms with Crippen molar-refractivity contribution in [2.24, 2.45) is 0 Å². The van der Waals surface area contributed by atoms with Crippen LogP contribution in [0, 0.1) is 34.8 Å². The van der Waals surface area contributed by atoms with Gasteiger partial charge in [-0.3, -0.25) is 14.9 Å². The van der Waals surface area contributed by atoms with Gasteiger partial charge in [0.2, 0.25) is 0 Å². The largest absolute Gasteiger partial charge is 0.468 e. The Hall–Kier alpha value is -2.92. The van der Waals surface area contributed by atoms with E-state index in [2.05, 4.69) is 16.6 Å². The smallest absolute Gasteiger partial charge is 0.326 e. The van der Waals surface area contributed by atoms with Crippen molar-refractivity contribution in [1.82, 2.24) is 4.31 Å². The normalized spacial score (nSPS) is 13.2. The van der Waals surface area contributed by atoms with E-state index in [9.17, 15) is 23.3 Å². The topological polar surface area (TPSA) is 116 Å². The molecule has 0 saturated heterocycles. The lowest BCUT2D eigenvalue weighted by molar-refractivity contribution is -0.387. The van der Waals surface area contributed by atoms with Gasteiger partial charge in [0.25, 0.3) is 15.7 Å². The summed E-state index contributed by atoms with van der Waals surface area (Å²) in [6, 6.07) is 3.23. The van der Waals surface area contributed by atoms with Gasteiger partial charge in [0.15, 0.2) is 4.90 Å². The maximum atomic E-state index is 13.1. The molecule has 0 saturated carbocycles. The molecule has 1 aromatic rings. The summed E-state index contributed by atoms with van der Waals surface area (Å²) in [5, 5.41) is 11.2. The number of rotatable bonds is 9. The average Bonchev–Trinajstić information content (AvgIpc) is 2.65. The molecule has 9 nitrogen and oxygen atoms in total. The summed E-state index contributed by atoms with van der Waals surface area (Å²) in [5.74, 6) is 3.39. The highest BCUT2D eigenvalue weighted by molar-refractivity contribution is 7.89. The highest BCUT2D eigenvalue weighted by atomic mass is 32.2. The lowest BCUT2D eigenvalue weighted by Crippen LogP contribution is -2.52. The van der Waals surface area contributed by atoms with Crippen molar-refractivity contribution in [3.05, 3.63) is 34.4 Å². The number of hydrogen-bond acceptors (Lipinski definition) is 7. The first-order valence-electron chi connectivity index (χ1n) is 7.54. The van der Waals surface area contributed by atoms with E-state index in [1.54, 1.807) is 0 Å². The summed E-state index contributed by atoms with van der Waals surface area (Å²) >= 11 is 0. The molecule has 0 aliphatic heterocycles. The maximum Gasteiger partial charge on any atom is 0.326 e. The molecule has 0 amide bonds. The molecule has 0 fully saturated rings. The van der Waals surface area contributed by atoms with E-state index >= 15 is 0 Å². The summed E-state index contributed by atoms with van der Waals surface area (Å²) in [4.78, 5) is 22.0. The number of hydrogen-bond donors (Lipinski definition) is 0. The standard InChI is InChI=1S/C17H18N2O7S/c1-5-11-18(16(17(20)25-4)13(3)26-12-6-2)27(23,24)15-10-8-7-9-14(15)19(21)22/h1-2,7-10,13,16H,11-12H2,3-4H3/t13-,16+/m1/s1. The van der Waals surface area contributed by atoms with Crippen molar-refractivity contribution in [3.63, 3.8) is 0 Å². The Bertz CT molecular complexity index is 883. The number of esters is 1. The summed E-state index contributed by atoms with van der Waals surface area (Å²) < 4.78 is 36.8. The Morgan fingerprint density at radius 1 is 1.33 bits per heavy atom. The first-order valence-corrected chi connectivity index (χ1v) is 8.98. The molecular formula is C17H18N2O7S. The lowest BCUT2D eigenvalue weighted by atomic mass is 10.2. The minimum Gasteiger partial charge on any atom is -0.468 e. The molecule has 27 heavy (non-hydrogen) atoms. The van der Waals surface area contributed by atoms with E-state index in [0.717, 1.165) is 19.2 Å². The number of sulfonamides is 1. The lowest BCUT2D eigenvalue weighted by Gasteiger charge is -2.31. The van der Waals surface area contributed by atoms with Crippen molar-refractivity contribution < 1.29 is 27.6 Å². The zero-order chi connectivity index (χ0) is 20.6. The van der Waals surface area contributed by atoms with Gasteiger partial charge >= 0.3 is 5.97 Å². The molecule has 0 N–H and O–H groups in total. The molecule has 0 bridgehead atoms. The number of nitro benzene ring substituents is 1. The zero-order valence-corrected chi connectivity index (χ0v) is 15.5. The Labute approximate surface area is 157 Å². The number of terminal acetylenes is 2. The van der Waals surface area contributed by atoms with Crippen molar-refractivity contribution in [3.8, 4) is 24.7 Å². The van der Waals surface area contributed by atoms with Crippen LogP contribution in [0.25, 0.3) is 0 Å². The Kier molecular flexibility index (Phi) is 7.94. The van der Waals surface area contributed by atoms with Gasteiger partial charge < -0.3 is 9.47 Å².